The molecule has 30 heavy (non-hydrogen) atoms. The van der Waals surface area contributed by atoms with Gasteiger partial charge in [0.1, 0.15) is 16.5 Å². The molecule has 0 unspecified atom stereocenters. The van der Waals surface area contributed by atoms with Gasteiger partial charge in [-0.2, -0.15) is 4.52 Å². The normalized spacial score (nSPS) is 20.2. The van der Waals surface area contributed by atoms with Crippen LogP contribution < -0.4 is 0 Å². The van der Waals surface area contributed by atoms with Gasteiger partial charge in [0.25, 0.3) is 0 Å². The highest BCUT2D eigenvalue weighted by atomic mass is 32.2. The molecule has 0 aliphatic heterocycles. The summed E-state index contributed by atoms with van der Waals surface area (Å²) in [5.41, 5.74) is 2.08. The number of aryl methyl sites for hydroxylation is 3. The number of rotatable bonds is 3. The van der Waals surface area contributed by atoms with Crippen molar-refractivity contribution >= 4 is 37.0 Å². The Morgan fingerprint density at radius 2 is 1.70 bits per heavy atom. The maximum atomic E-state index is 13.0. The van der Waals surface area contributed by atoms with Crippen molar-refractivity contribution in [2.24, 2.45) is 0 Å². The monoisotopic (exact) mass is 440 g/mol. The average Bonchev–Trinajstić information content (AvgIpc) is 3.27. The minimum absolute atomic E-state index is 0.183. The van der Waals surface area contributed by atoms with Gasteiger partial charge in [-0.05, 0) is 64.2 Å². The van der Waals surface area contributed by atoms with Crippen molar-refractivity contribution in [3.05, 3.63) is 52.4 Å². The van der Waals surface area contributed by atoms with E-state index in [1.165, 1.54) is 10.4 Å². The van der Waals surface area contributed by atoms with E-state index in [-0.39, 0.29) is 11.2 Å². The molecule has 1 saturated carbocycles. The Hall–Kier alpha value is -2.32. The largest absolute Gasteiger partial charge is 0.223 e. The minimum atomic E-state index is -3.30. The molecule has 6 nitrogen and oxygen atoms in total. The summed E-state index contributed by atoms with van der Waals surface area (Å²) in [4.78, 5) is 12.4. The summed E-state index contributed by atoms with van der Waals surface area (Å²) in [5, 5.41) is 5.38. The Balaban J connectivity index is 1.49. The van der Waals surface area contributed by atoms with Crippen LogP contribution in [-0.2, 0) is 9.84 Å². The highest BCUT2D eigenvalue weighted by molar-refractivity contribution is 7.92. The second-order valence-corrected chi connectivity index (χ2v) is 11.6. The van der Waals surface area contributed by atoms with Crippen molar-refractivity contribution in [2.45, 2.75) is 62.5 Å². The number of hydrogen-bond donors (Lipinski definition) is 0. The fourth-order valence-electron chi connectivity index (χ4n) is 4.54. The lowest BCUT2D eigenvalue weighted by Crippen LogP contribution is -2.27. The summed E-state index contributed by atoms with van der Waals surface area (Å²) in [6.45, 7) is 6.13. The lowest BCUT2D eigenvalue weighted by Gasteiger charge is -2.28. The molecule has 0 bridgehead atoms. The average molecular weight is 441 g/mol. The first-order valence-electron chi connectivity index (χ1n) is 10.3. The zero-order valence-electron chi connectivity index (χ0n) is 17.3. The van der Waals surface area contributed by atoms with E-state index < -0.39 is 9.84 Å². The van der Waals surface area contributed by atoms with Crippen molar-refractivity contribution in [3.63, 3.8) is 0 Å². The smallest absolute Gasteiger partial charge is 0.181 e. The molecule has 0 amide bonds. The van der Waals surface area contributed by atoms with E-state index in [0.29, 0.717) is 17.7 Å². The summed E-state index contributed by atoms with van der Waals surface area (Å²) in [6, 6.07) is 8.80. The Morgan fingerprint density at radius 1 is 1.00 bits per heavy atom. The molecule has 3 aromatic heterocycles. The molecule has 0 saturated heterocycles. The quantitative estimate of drug-likeness (QED) is 0.459. The summed E-state index contributed by atoms with van der Waals surface area (Å²) in [6.07, 6.45) is 2.84. The summed E-state index contributed by atoms with van der Waals surface area (Å²) >= 11 is 1.69. The molecule has 0 atom stereocenters. The maximum absolute atomic E-state index is 13.0. The molecule has 5 rings (SSSR count). The van der Waals surface area contributed by atoms with Crippen LogP contribution in [0.1, 0.15) is 53.7 Å². The fraction of sp³-hybridized carbons (Fsp3) is 0.409. The molecular weight excluding hydrogens is 416 g/mol. The van der Waals surface area contributed by atoms with Crippen LogP contribution in [0.2, 0.25) is 0 Å². The SMILES string of the molecule is Cc1nc2c3c(C)c(C)sc3nc(C3CCC(S(=O)(=O)c4ccccc4)CC3)n2n1. The molecule has 0 spiro atoms. The van der Waals surface area contributed by atoms with Crippen LogP contribution in [0.5, 0.6) is 0 Å². The van der Waals surface area contributed by atoms with Crippen LogP contribution in [0.25, 0.3) is 15.9 Å². The number of benzene rings is 1. The Morgan fingerprint density at radius 3 is 2.40 bits per heavy atom. The van der Waals surface area contributed by atoms with Gasteiger partial charge in [0.2, 0.25) is 0 Å². The number of fused-ring (bicyclic) bond motifs is 3. The number of sulfone groups is 1. The van der Waals surface area contributed by atoms with Gasteiger partial charge < -0.3 is 0 Å². The fourth-order valence-corrected chi connectivity index (χ4v) is 7.38. The van der Waals surface area contributed by atoms with Crippen molar-refractivity contribution in [2.75, 3.05) is 0 Å². The predicted molar refractivity (Wildman–Crippen MR) is 119 cm³/mol. The first-order valence-corrected chi connectivity index (χ1v) is 12.6. The molecular formula is C22H24N4O2S2. The molecule has 1 aliphatic carbocycles. The van der Waals surface area contributed by atoms with Gasteiger partial charge in [0, 0.05) is 10.8 Å². The van der Waals surface area contributed by atoms with Gasteiger partial charge in [-0.1, -0.05) is 18.2 Å². The van der Waals surface area contributed by atoms with Crippen molar-refractivity contribution in [3.8, 4) is 0 Å². The molecule has 0 radical (unpaired) electrons. The highest BCUT2D eigenvalue weighted by Crippen LogP contribution is 2.39. The lowest BCUT2D eigenvalue weighted by atomic mass is 9.88. The molecule has 156 valence electrons. The molecule has 3 heterocycles. The van der Waals surface area contributed by atoms with E-state index in [1.807, 2.05) is 17.5 Å². The van der Waals surface area contributed by atoms with Crippen LogP contribution in [0.3, 0.4) is 0 Å². The maximum Gasteiger partial charge on any atom is 0.181 e. The first kappa shape index (κ1) is 19.6. The Labute approximate surface area is 179 Å². The highest BCUT2D eigenvalue weighted by Gasteiger charge is 2.34. The molecule has 0 N–H and O–H groups in total. The number of aromatic nitrogens is 4. The first-order chi connectivity index (χ1) is 14.4. The number of hydrogen-bond acceptors (Lipinski definition) is 6. The molecule has 1 fully saturated rings. The third kappa shape index (κ3) is 3.04. The second kappa shape index (κ2) is 7.13. The van der Waals surface area contributed by atoms with Gasteiger partial charge in [-0.25, -0.2) is 18.4 Å². The standard InChI is InChI=1S/C22H24N4O2S2/c1-13-14(2)29-22-19(13)21-23-15(3)25-26(21)20(24-22)16-9-11-18(12-10-16)30(27,28)17-7-5-4-6-8-17/h4-8,16,18H,9-12H2,1-3H3. The molecule has 4 aromatic rings. The third-order valence-electron chi connectivity index (χ3n) is 6.29. The number of nitrogens with zero attached hydrogens (tertiary/aromatic N) is 4. The van der Waals surface area contributed by atoms with Crippen LogP contribution in [0, 0.1) is 20.8 Å². The zero-order chi connectivity index (χ0) is 21.0. The molecule has 8 heteroatoms. The van der Waals surface area contributed by atoms with E-state index in [4.69, 9.17) is 4.98 Å². The van der Waals surface area contributed by atoms with E-state index >= 15 is 0 Å². The number of thiophene rings is 1. The molecule has 1 aromatic carbocycles. The van der Waals surface area contributed by atoms with Crippen LogP contribution >= 0.6 is 11.3 Å². The van der Waals surface area contributed by atoms with Crippen molar-refractivity contribution < 1.29 is 8.42 Å². The van der Waals surface area contributed by atoms with Gasteiger partial charge in [-0.3, -0.25) is 0 Å². The third-order valence-corrected chi connectivity index (χ3v) is 9.67. The molecule has 1 aliphatic rings. The summed E-state index contributed by atoms with van der Waals surface area (Å²) < 4.78 is 27.9. The minimum Gasteiger partial charge on any atom is -0.223 e. The van der Waals surface area contributed by atoms with Gasteiger partial charge in [-0.15, -0.1) is 16.4 Å². The van der Waals surface area contributed by atoms with E-state index in [0.717, 1.165) is 40.4 Å². The van der Waals surface area contributed by atoms with E-state index in [9.17, 15) is 8.42 Å². The van der Waals surface area contributed by atoms with Gasteiger partial charge >= 0.3 is 0 Å². The predicted octanol–water partition coefficient (Wildman–Crippen LogP) is 4.76. The van der Waals surface area contributed by atoms with Gasteiger partial charge in [0.05, 0.1) is 15.5 Å². The zero-order valence-corrected chi connectivity index (χ0v) is 18.9. The van der Waals surface area contributed by atoms with Crippen LogP contribution in [0.4, 0.5) is 0 Å². The van der Waals surface area contributed by atoms with Crippen molar-refractivity contribution in [1.29, 1.82) is 0 Å². The van der Waals surface area contributed by atoms with Crippen LogP contribution in [0.15, 0.2) is 35.2 Å². The Kier molecular flexibility index (Phi) is 4.67. The summed E-state index contributed by atoms with van der Waals surface area (Å²) in [5.74, 6) is 1.83. The van der Waals surface area contributed by atoms with E-state index in [2.05, 4.69) is 23.9 Å². The van der Waals surface area contributed by atoms with Gasteiger partial charge in [0.15, 0.2) is 15.5 Å². The topological polar surface area (TPSA) is 77.2 Å². The summed E-state index contributed by atoms with van der Waals surface area (Å²) in [7, 11) is -3.30. The van der Waals surface area contributed by atoms with E-state index in [1.54, 1.807) is 35.6 Å². The Bertz CT molecular complexity index is 1350. The van der Waals surface area contributed by atoms with Crippen molar-refractivity contribution in [1.82, 2.24) is 19.6 Å². The second-order valence-electron chi connectivity index (χ2n) is 8.16. The lowest BCUT2D eigenvalue weighted by molar-refractivity contribution is 0.417. The van der Waals surface area contributed by atoms with Crippen LogP contribution in [-0.4, -0.2) is 33.2 Å².